The zero-order chi connectivity index (χ0) is 19.4. The van der Waals surface area contributed by atoms with Crippen molar-refractivity contribution < 1.29 is 22.4 Å². The summed E-state index contributed by atoms with van der Waals surface area (Å²) in [6.45, 7) is 0. The standard InChI is InChI=1S/C19H13F4N3O/c20-13-3-7-14(8-4-13)25-16-9-10-24-17(11-16)18(27)26-15-5-1-12(2-6-15)19(21,22)23/h1-11H,(H,24,25)(H,26,27). The summed E-state index contributed by atoms with van der Waals surface area (Å²) in [7, 11) is 0. The van der Waals surface area contributed by atoms with E-state index in [1.54, 1.807) is 6.07 Å². The van der Waals surface area contributed by atoms with Gasteiger partial charge in [-0.25, -0.2) is 4.39 Å². The number of amides is 1. The van der Waals surface area contributed by atoms with Gasteiger partial charge >= 0.3 is 6.18 Å². The molecule has 3 rings (SSSR count). The minimum atomic E-state index is -4.44. The maximum Gasteiger partial charge on any atom is 0.416 e. The van der Waals surface area contributed by atoms with Crippen LogP contribution in [0.5, 0.6) is 0 Å². The van der Waals surface area contributed by atoms with Crippen LogP contribution in [0.15, 0.2) is 66.9 Å². The number of nitrogens with zero attached hydrogens (tertiary/aromatic N) is 1. The molecular weight excluding hydrogens is 362 g/mol. The number of halogens is 4. The molecule has 0 unspecified atom stereocenters. The summed E-state index contributed by atoms with van der Waals surface area (Å²) in [5.41, 5.74) is 0.656. The highest BCUT2D eigenvalue weighted by atomic mass is 19.4. The SMILES string of the molecule is O=C(Nc1ccc(C(F)(F)F)cc1)c1cc(Nc2ccc(F)cc2)ccn1. The molecule has 0 bridgehead atoms. The van der Waals surface area contributed by atoms with Gasteiger partial charge < -0.3 is 10.6 Å². The highest BCUT2D eigenvalue weighted by molar-refractivity contribution is 6.03. The fourth-order valence-corrected chi connectivity index (χ4v) is 2.27. The summed E-state index contributed by atoms with van der Waals surface area (Å²) < 4.78 is 50.6. The van der Waals surface area contributed by atoms with Gasteiger partial charge in [0.05, 0.1) is 5.56 Å². The topological polar surface area (TPSA) is 54.0 Å². The van der Waals surface area contributed by atoms with Crippen molar-refractivity contribution in [2.75, 3.05) is 10.6 Å². The molecule has 0 aliphatic rings. The molecule has 2 N–H and O–H groups in total. The minimum Gasteiger partial charge on any atom is -0.355 e. The summed E-state index contributed by atoms with van der Waals surface area (Å²) in [4.78, 5) is 16.2. The van der Waals surface area contributed by atoms with Crippen molar-refractivity contribution in [3.05, 3.63) is 83.9 Å². The number of carbonyl (C=O) groups excluding carboxylic acids is 1. The molecule has 0 atom stereocenters. The Morgan fingerprint density at radius 2 is 1.48 bits per heavy atom. The third-order valence-corrected chi connectivity index (χ3v) is 3.60. The fourth-order valence-electron chi connectivity index (χ4n) is 2.27. The van der Waals surface area contributed by atoms with Gasteiger partial charge in [-0.2, -0.15) is 13.2 Å². The molecular formula is C19H13F4N3O. The van der Waals surface area contributed by atoms with Gasteiger partial charge in [0.2, 0.25) is 0 Å². The monoisotopic (exact) mass is 375 g/mol. The summed E-state index contributed by atoms with van der Waals surface area (Å²) in [6.07, 6.45) is -3.03. The van der Waals surface area contributed by atoms with Gasteiger partial charge in [0.1, 0.15) is 11.5 Å². The first-order valence-corrected chi connectivity index (χ1v) is 7.78. The molecule has 138 valence electrons. The zero-order valence-electron chi connectivity index (χ0n) is 13.7. The van der Waals surface area contributed by atoms with Crippen LogP contribution in [0.1, 0.15) is 16.1 Å². The Kier molecular flexibility index (Phi) is 5.07. The molecule has 1 aromatic heterocycles. The van der Waals surface area contributed by atoms with E-state index in [1.165, 1.54) is 48.7 Å². The molecule has 0 saturated carbocycles. The van der Waals surface area contributed by atoms with Crippen molar-refractivity contribution in [1.82, 2.24) is 4.98 Å². The van der Waals surface area contributed by atoms with Crippen molar-refractivity contribution in [3.8, 4) is 0 Å². The number of rotatable bonds is 4. The summed E-state index contributed by atoms with van der Waals surface area (Å²) in [6, 6.07) is 12.9. The Bertz CT molecular complexity index is 938. The van der Waals surface area contributed by atoms with E-state index in [2.05, 4.69) is 15.6 Å². The largest absolute Gasteiger partial charge is 0.416 e. The molecule has 27 heavy (non-hydrogen) atoms. The van der Waals surface area contributed by atoms with E-state index >= 15 is 0 Å². The highest BCUT2D eigenvalue weighted by Crippen LogP contribution is 2.29. The molecule has 0 aliphatic carbocycles. The van der Waals surface area contributed by atoms with E-state index in [1.807, 2.05) is 0 Å². The van der Waals surface area contributed by atoms with Crippen molar-refractivity contribution >= 4 is 23.0 Å². The number of aromatic nitrogens is 1. The lowest BCUT2D eigenvalue weighted by Gasteiger charge is -2.10. The molecule has 0 aliphatic heterocycles. The van der Waals surface area contributed by atoms with Gasteiger partial charge in [0.15, 0.2) is 0 Å². The highest BCUT2D eigenvalue weighted by Gasteiger charge is 2.30. The van der Waals surface area contributed by atoms with E-state index in [-0.39, 0.29) is 17.2 Å². The second-order valence-electron chi connectivity index (χ2n) is 5.59. The van der Waals surface area contributed by atoms with Crippen LogP contribution in [0.25, 0.3) is 0 Å². The first-order chi connectivity index (χ1) is 12.8. The van der Waals surface area contributed by atoms with Crippen LogP contribution in [-0.4, -0.2) is 10.9 Å². The second-order valence-corrected chi connectivity index (χ2v) is 5.59. The Balaban J connectivity index is 1.70. The first kappa shape index (κ1) is 18.4. The van der Waals surface area contributed by atoms with E-state index in [0.29, 0.717) is 11.4 Å². The third-order valence-electron chi connectivity index (χ3n) is 3.60. The van der Waals surface area contributed by atoms with Crippen molar-refractivity contribution in [2.45, 2.75) is 6.18 Å². The molecule has 0 spiro atoms. The van der Waals surface area contributed by atoms with E-state index in [4.69, 9.17) is 0 Å². The van der Waals surface area contributed by atoms with Crippen molar-refractivity contribution in [3.63, 3.8) is 0 Å². The quantitative estimate of drug-likeness (QED) is 0.614. The third kappa shape index (κ3) is 4.81. The number of hydrogen-bond donors (Lipinski definition) is 2. The zero-order valence-corrected chi connectivity index (χ0v) is 13.7. The fraction of sp³-hybridized carbons (Fsp3) is 0.0526. The van der Waals surface area contributed by atoms with Gasteiger partial charge in [-0.1, -0.05) is 0 Å². The molecule has 4 nitrogen and oxygen atoms in total. The predicted molar refractivity (Wildman–Crippen MR) is 93.3 cm³/mol. The van der Waals surface area contributed by atoms with Crippen LogP contribution >= 0.6 is 0 Å². The van der Waals surface area contributed by atoms with Crippen LogP contribution in [0.4, 0.5) is 34.6 Å². The van der Waals surface area contributed by atoms with Gasteiger partial charge in [-0.05, 0) is 60.7 Å². The van der Waals surface area contributed by atoms with Gasteiger partial charge in [-0.3, -0.25) is 9.78 Å². The summed E-state index contributed by atoms with van der Waals surface area (Å²) in [5, 5.41) is 5.49. The molecule has 0 fully saturated rings. The number of alkyl halides is 3. The lowest BCUT2D eigenvalue weighted by molar-refractivity contribution is -0.137. The Morgan fingerprint density at radius 3 is 2.11 bits per heavy atom. The van der Waals surface area contributed by atoms with E-state index < -0.39 is 17.6 Å². The molecule has 2 aromatic carbocycles. The number of carbonyl (C=O) groups is 1. The lowest BCUT2D eigenvalue weighted by atomic mass is 10.2. The van der Waals surface area contributed by atoms with Gasteiger partial charge in [-0.15, -0.1) is 0 Å². The number of anilines is 3. The molecule has 8 heteroatoms. The molecule has 3 aromatic rings. The molecule has 0 radical (unpaired) electrons. The van der Waals surface area contributed by atoms with Crippen LogP contribution in [0.2, 0.25) is 0 Å². The predicted octanol–water partition coefficient (Wildman–Crippen LogP) is 5.24. The number of hydrogen-bond acceptors (Lipinski definition) is 3. The Morgan fingerprint density at radius 1 is 0.852 bits per heavy atom. The number of pyridine rings is 1. The van der Waals surface area contributed by atoms with E-state index in [0.717, 1.165) is 12.1 Å². The second kappa shape index (κ2) is 7.45. The minimum absolute atomic E-state index is 0.0713. The molecule has 1 amide bonds. The average molecular weight is 375 g/mol. The smallest absolute Gasteiger partial charge is 0.355 e. The van der Waals surface area contributed by atoms with E-state index in [9.17, 15) is 22.4 Å². The molecule has 1 heterocycles. The Hall–Kier alpha value is -3.42. The Labute approximate surface area is 151 Å². The lowest BCUT2D eigenvalue weighted by Crippen LogP contribution is -2.14. The van der Waals surface area contributed by atoms with Crippen LogP contribution in [-0.2, 0) is 6.18 Å². The number of benzene rings is 2. The van der Waals surface area contributed by atoms with Gasteiger partial charge in [0.25, 0.3) is 5.91 Å². The van der Waals surface area contributed by atoms with Crippen LogP contribution in [0.3, 0.4) is 0 Å². The number of nitrogens with one attached hydrogen (secondary N) is 2. The van der Waals surface area contributed by atoms with Crippen molar-refractivity contribution in [2.24, 2.45) is 0 Å². The van der Waals surface area contributed by atoms with Gasteiger partial charge in [0, 0.05) is 23.3 Å². The average Bonchev–Trinajstić information content (AvgIpc) is 2.63. The van der Waals surface area contributed by atoms with Crippen LogP contribution in [0, 0.1) is 5.82 Å². The maximum absolute atomic E-state index is 12.9. The maximum atomic E-state index is 12.9. The summed E-state index contributed by atoms with van der Waals surface area (Å²) >= 11 is 0. The summed E-state index contributed by atoms with van der Waals surface area (Å²) in [5.74, 6) is -0.940. The van der Waals surface area contributed by atoms with Crippen molar-refractivity contribution in [1.29, 1.82) is 0 Å². The first-order valence-electron chi connectivity index (χ1n) is 7.78. The normalized spacial score (nSPS) is 11.1. The van der Waals surface area contributed by atoms with Crippen LogP contribution < -0.4 is 10.6 Å². The molecule has 0 saturated heterocycles.